The van der Waals surface area contributed by atoms with E-state index in [1.54, 1.807) is 21.6 Å². The second-order valence-electron chi connectivity index (χ2n) is 6.65. The highest BCUT2D eigenvalue weighted by Gasteiger charge is 2.42. The zero-order chi connectivity index (χ0) is 15.8. The molecule has 0 aromatic heterocycles. The van der Waals surface area contributed by atoms with E-state index < -0.39 is 23.3 Å². The number of carbonyl (C=O) groups is 3. The van der Waals surface area contributed by atoms with E-state index in [2.05, 4.69) is 0 Å². The molecule has 6 nitrogen and oxygen atoms in total. The van der Waals surface area contributed by atoms with Crippen molar-refractivity contribution in [2.45, 2.75) is 33.2 Å². The molecule has 0 aromatic rings. The Kier molecular flexibility index (Phi) is 4.51. The summed E-state index contributed by atoms with van der Waals surface area (Å²) in [4.78, 5) is 39.2. The average Bonchev–Trinajstić information content (AvgIpc) is 3.05. The van der Waals surface area contributed by atoms with Crippen molar-refractivity contribution in [2.24, 2.45) is 11.3 Å². The molecule has 0 spiro atoms. The molecule has 2 aliphatic rings. The van der Waals surface area contributed by atoms with Gasteiger partial charge in [0.15, 0.2) is 0 Å². The molecule has 2 atom stereocenters. The highest BCUT2D eigenvalue weighted by atomic mass is 32.2. The van der Waals surface area contributed by atoms with Crippen LogP contribution < -0.4 is 0 Å². The van der Waals surface area contributed by atoms with Crippen LogP contribution in [0.4, 0.5) is 0 Å². The van der Waals surface area contributed by atoms with Gasteiger partial charge < -0.3 is 14.9 Å². The lowest BCUT2D eigenvalue weighted by Gasteiger charge is -2.31. The first-order valence-electron chi connectivity index (χ1n) is 7.12. The Morgan fingerprint density at radius 3 is 2.43 bits per heavy atom. The number of hydrogen-bond donors (Lipinski definition) is 1. The summed E-state index contributed by atoms with van der Waals surface area (Å²) in [5.74, 6) is -0.345. The molecule has 0 bridgehead atoms. The molecule has 7 heteroatoms. The number of carboxylic acid groups (broad SMARTS) is 1. The fraction of sp³-hybridized carbons (Fsp3) is 0.786. The van der Waals surface area contributed by atoms with Crippen molar-refractivity contribution in [1.82, 2.24) is 9.80 Å². The van der Waals surface area contributed by atoms with Crippen molar-refractivity contribution in [3.8, 4) is 0 Å². The lowest BCUT2D eigenvalue weighted by molar-refractivity contribution is -0.148. The van der Waals surface area contributed by atoms with Gasteiger partial charge in [0, 0.05) is 24.3 Å². The van der Waals surface area contributed by atoms with Crippen molar-refractivity contribution < 1.29 is 19.5 Å². The second kappa shape index (κ2) is 5.87. The van der Waals surface area contributed by atoms with Crippen LogP contribution in [-0.4, -0.2) is 63.5 Å². The molecule has 2 saturated heterocycles. The first kappa shape index (κ1) is 16.1. The van der Waals surface area contributed by atoms with Crippen LogP contribution in [-0.2, 0) is 14.4 Å². The molecule has 1 N–H and O–H groups in total. The molecule has 0 radical (unpaired) electrons. The van der Waals surface area contributed by atoms with Crippen LogP contribution in [0.15, 0.2) is 0 Å². The minimum atomic E-state index is -0.853. The Morgan fingerprint density at radius 1 is 1.24 bits per heavy atom. The lowest BCUT2D eigenvalue weighted by atomic mass is 9.94. The number of carbonyl (C=O) groups excluding carboxylic acids is 2. The Bertz CT molecular complexity index is 460. The molecule has 0 aromatic carbocycles. The molecule has 2 rings (SSSR count). The molecule has 0 aliphatic carbocycles. The summed E-state index contributed by atoms with van der Waals surface area (Å²) < 4.78 is 0. The standard InChI is InChI=1S/C14H22N2O4S/c1-14(2,3)13(20)16-8-21-7-10(16)11(17)15-5-4-9(6-15)12(18)19/h9-10H,4-8H2,1-3H3,(H,18,19). The minimum absolute atomic E-state index is 0.0279. The van der Waals surface area contributed by atoms with Crippen LogP contribution in [0.25, 0.3) is 0 Å². The lowest BCUT2D eigenvalue weighted by Crippen LogP contribution is -2.51. The molecule has 2 fully saturated rings. The van der Waals surface area contributed by atoms with Crippen LogP contribution in [0.5, 0.6) is 0 Å². The van der Waals surface area contributed by atoms with Crippen molar-refractivity contribution in [1.29, 1.82) is 0 Å². The van der Waals surface area contributed by atoms with E-state index in [0.29, 0.717) is 24.6 Å². The number of amides is 2. The predicted octanol–water partition coefficient (Wildman–Crippen LogP) is 0.867. The van der Waals surface area contributed by atoms with Gasteiger partial charge in [-0.3, -0.25) is 14.4 Å². The Balaban J connectivity index is 2.05. The van der Waals surface area contributed by atoms with E-state index in [0.717, 1.165) is 0 Å². The fourth-order valence-electron chi connectivity index (χ4n) is 2.65. The van der Waals surface area contributed by atoms with Gasteiger partial charge >= 0.3 is 5.97 Å². The summed E-state index contributed by atoms with van der Waals surface area (Å²) in [5, 5.41) is 9.02. The zero-order valence-electron chi connectivity index (χ0n) is 12.7. The topological polar surface area (TPSA) is 77.9 Å². The van der Waals surface area contributed by atoms with Gasteiger partial charge in [0.2, 0.25) is 11.8 Å². The van der Waals surface area contributed by atoms with Crippen LogP contribution >= 0.6 is 11.8 Å². The molecular formula is C14H22N2O4S. The normalized spacial score (nSPS) is 26.2. The SMILES string of the molecule is CC(C)(C)C(=O)N1CSCC1C(=O)N1CCC(C(=O)O)C1. The summed E-state index contributed by atoms with van der Waals surface area (Å²) in [6.45, 7) is 6.25. The summed E-state index contributed by atoms with van der Waals surface area (Å²) in [7, 11) is 0. The molecular weight excluding hydrogens is 292 g/mol. The summed E-state index contributed by atoms with van der Waals surface area (Å²) in [5.41, 5.74) is -0.516. The average molecular weight is 314 g/mol. The van der Waals surface area contributed by atoms with Gasteiger partial charge in [-0.2, -0.15) is 0 Å². The van der Waals surface area contributed by atoms with Crippen LogP contribution in [0.2, 0.25) is 0 Å². The highest BCUT2D eigenvalue weighted by molar-refractivity contribution is 7.99. The molecule has 2 aliphatic heterocycles. The van der Waals surface area contributed by atoms with E-state index >= 15 is 0 Å². The van der Waals surface area contributed by atoms with E-state index in [1.807, 2.05) is 20.8 Å². The molecule has 118 valence electrons. The van der Waals surface area contributed by atoms with Gasteiger partial charge in [-0.15, -0.1) is 11.8 Å². The first-order chi connectivity index (χ1) is 9.71. The number of rotatable bonds is 2. The molecule has 0 saturated carbocycles. The third-order valence-corrected chi connectivity index (χ3v) is 4.93. The maximum absolute atomic E-state index is 12.6. The van der Waals surface area contributed by atoms with E-state index in [9.17, 15) is 14.4 Å². The van der Waals surface area contributed by atoms with Gasteiger partial charge in [-0.25, -0.2) is 0 Å². The van der Waals surface area contributed by atoms with Crippen molar-refractivity contribution in [2.75, 3.05) is 24.7 Å². The number of carboxylic acids is 1. The summed E-state index contributed by atoms with van der Waals surface area (Å²) in [6, 6.07) is -0.450. The van der Waals surface area contributed by atoms with Gasteiger partial charge in [-0.1, -0.05) is 20.8 Å². The maximum Gasteiger partial charge on any atom is 0.308 e. The number of nitrogens with zero attached hydrogens (tertiary/aromatic N) is 2. The number of hydrogen-bond acceptors (Lipinski definition) is 4. The second-order valence-corrected chi connectivity index (χ2v) is 7.65. The van der Waals surface area contributed by atoms with Gasteiger partial charge in [-0.05, 0) is 6.42 Å². The van der Waals surface area contributed by atoms with E-state index in [4.69, 9.17) is 5.11 Å². The van der Waals surface area contributed by atoms with Gasteiger partial charge in [0.25, 0.3) is 0 Å². The quantitative estimate of drug-likeness (QED) is 0.818. The summed E-state index contributed by atoms with van der Waals surface area (Å²) >= 11 is 1.57. The molecule has 2 heterocycles. The van der Waals surface area contributed by atoms with Crippen LogP contribution in [0.1, 0.15) is 27.2 Å². The van der Waals surface area contributed by atoms with Crippen molar-refractivity contribution >= 4 is 29.5 Å². The Labute approximate surface area is 128 Å². The Hall–Kier alpha value is -1.24. The monoisotopic (exact) mass is 314 g/mol. The van der Waals surface area contributed by atoms with E-state index in [-0.39, 0.29) is 18.4 Å². The van der Waals surface area contributed by atoms with Gasteiger partial charge in [0.05, 0.1) is 11.8 Å². The maximum atomic E-state index is 12.6. The Morgan fingerprint density at radius 2 is 1.90 bits per heavy atom. The third kappa shape index (κ3) is 3.33. The zero-order valence-corrected chi connectivity index (χ0v) is 13.5. The minimum Gasteiger partial charge on any atom is -0.481 e. The largest absolute Gasteiger partial charge is 0.481 e. The number of aliphatic carboxylic acids is 1. The van der Waals surface area contributed by atoms with Crippen LogP contribution in [0.3, 0.4) is 0 Å². The van der Waals surface area contributed by atoms with Gasteiger partial charge in [0.1, 0.15) is 6.04 Å². The molecule has 21 heavy (non-hydrogen) atoms. The molecule has 2 unspecified atom stereocenters. The smallest absolute Gasteiger partial charge is 0.308 e. The van der Waals surface area contributed by atoms with E-state index in [1.165, 1.54) is 0 Å². The summed E-state index contributed by atoms with van der Waals surface area (Å²) in [6.07, 6.45) is 0.494. The molecule has 2 amide bonds. The number of likely N-dealkylation sites (tertiary alicyclic amines) is 1. The third-order valence-electron chi connectivity index (χ3n) is 3.92. The van der Waals surface area contributed by atoms with Crippen molar-refractivity contribution in [3.05, 3.63) is 0 Å². The first-order valence-corrected chi connectivity index (χ1v) is 8.27. The number of thioether (sulfide) groups is 1. The van der Waals surface area contributed by atoms with Crippen molar-refractivity contribution in [3.63, 3.8) is 0 Å². The predicted molar refractivity (Wildman–Crippen MR) is 79.7 cm³/mol. The van der Waals surface area contributed by atoms with Crippen LogP contribution in [0, 0.1) is 11.3 Å². The fourth-order valence-corrected chi connectivity index (χ4v) is 3.80. The highest BCUT2D eigenvalue weighted by Crippen LogP contribution is 2.29.